The Balaban J connectivity index is 1.62. The van der Waals surface area contributed by atoms with E-state index in [2.05, 4.69) is 30.2 Å². The Morgan fingerprint density at radius 3 is 2.93 bits per heavy atom. The summed E-state index contributed by atoms with van der Waals surface area (Å²) in [6.07, 6.45) is 12.6. The van der Waals surface area contributed by atoms with Crippen LogP contribution in [0, 0.1) is 0 Å². The van der Waals surface area contributed by atoms with Gasteiger partial charge in [-0.2, -0.15) is 4.98 Å². The molecule has 3 aromatic heterocycles. The van der Waals surface area contributed by atoms with Crippen LogP contribution in [0.4, 0.5) is 11.5 Å². The topological polar surface area (TPSA) is 102 Å². The highest BCUT2D eigenvalue weighted by Crippen LogP contribution is 2.43. The SMILES string of the molecule is CCC12CCCN1c1nc(-n3ccnc3-c3cnccn3)ncc1NC2=O. The first-order valence-corrected chi connectivity index (χ1v) is 8.99. The molecule has 5 rings (SSSR count). The lowest BCUT2D eigenvalue weighted by Gasteiger charge is -2.41. The van der Waals surface area contributed by atoms with E-state index in [1.165, 1.54) is 0 Å². The van der Waals surface area contributed by atoms with Gasteiger partial charge < -0.3 is 10.2 Å². The van der Waals surface area contributed by atoms with Crippen LogP contribution < -0.4 is 10.2 Å². The van der Waals surface area contributed by atoms with Crippen molar-refractivity contribution in [2.75, 3.05) is 16.8 Å². The molecule has 9 nitrogen and oxygen atoms in total. The van der Waals surface area contributed by atoms with Gasteiger partial charge in [-0.05, 0) is 19.3 Å². The lowest BCUT2D eigenvalue weighted by Crippen LogP contribution is -2.56. The summed E-state index contributed by atoms with van der Waals surface area (Å²) in [4.78, 5) is 36.9. The quantitative estimate of drug-likeness (QED) is 0.758. The van der Waals surface area contributed by atoms with E-state index in [1.807, 2.05) is 6.92 Å². The standard InChI is InChI=1S/C18H18N8O/c1-2-18-4-3-8-26(18)15-13(23-16(18)27)11-22-17(24-15)25-9-7-21-14(25)12-10-19-5-6-20-12/h5-7,9-11H,2-4,8H2,1H3,(H,23,27). The van der Waals surface area contributed by atoms with Gasteiger partial charge in [0.2, 0.25) is 11.9 Å². The highest BCUT2D eigenvalue weighted by molar-refractivity contribution is 6.06. The minimum Gasteiger partial charge on any atom is -0.340 e. The lowest BCUT2D eigenvalue weighted by molar-refractivity contribution is -0.121. The van der Waals surface area contributed by atoms with E-state index in [1.54, 1.807) is 41.7 Å². The van der Waals surface area contributed by atoms with Gasteiger partial charge in [-0.25, -0.2) is 15.0 Å². The molecule has 1 saturated heterocycles. The van der Waals surface area contributed by atoms with Crippen LogP contribution in [0.5, 0.6) is 0 Å². The fourth-order valence-electron chi connectivity index (χ4n) is 4.03. The predicted octanol–water partition coefficient (Wildman–Crippen LogP) is 1.82. The Morgan fingerprint density at radius 2 is 2.11 bits per heavy atom. The van der Waals surface area contributed by atoms with Gasteiger partial charge in [0.1, 0.15) is 16.9 Å². The van der Waals surface area contributed by atoms with Crippen molar-refractivity contribution in [1.29, 1.82) is 0 Å². The minimum atomic E-state index is -0.513. The number of anilines is 2. The van der Waals surface area contributed by atoms with Crippen molar-refractivity contribution in [2.45, 2.75) is 31.7 Å². The molecule has 0 aromatic carbocycles. The molecule has 2 aliphatic rings. The third kappa shape index (κ3) is 2.24. The number of rotatable bonds is 3. The fourth-order valence-corrected chi connectivity index (χ4v) is 4.03. The van der Waals surface area contributed by atoms with E-state index in [4.69, 9.17) is 4.98 Å². The molecule has 1 fully saturated rings. The Kier molecular flexibility index (Phi) is 3.43. The van der Waals surface area contributed by atoms with Crippen LogP contribution in [-0.2, 0) is 4.79 Å². The van der Waals surface area contributed by atoms with Gasteiger partial charge in [0.25, 0.3) is 0 Å². The molecular weight excluding hydrogens is 344 g/mol. The molecule has 1 unspecified atom stereocenters. The molecule has 0 radical (unpaired) electrons. The number of hydrogen-bond acceptors (Lipinski definition) is 7. The zero-order valence-electron chi connectivity index (χ0n) is 14.8. The van der Waals surface area contributed by atoms with E-state index in [0.29, 0.717) is 23.2 Å². The van der Waals surface area contributed by atoms with E-state index in [9.17, 15) is 4.79 Å². The van der Waals surface area contributed by atoms with Crippen molar-refractivity contribution in [2.24, 2.45) is 0 Å². The maximum absolute atomic E-state index is 12.7. The number of carbonyl (C=O) groups excluding carboxylic acids is 1. The first kappa shape index (κ1) is 15.9. The van der Waals surface area contributed by atoms with Gasteiger partial charge in [0.15, 0.2) is 11.6 Å². The maximum Gasteiger partial charge on any atom is 0.250 e. The second kappa shape index (κ2) is 5.83. The van der Waals surface area contributed by atoms with Crippen molar-refractivity contribution >= 4 is 17.4 Å². The number of amides is 1. The first-order valence-electron chi connectivity index (χ1n) is 8.99. The van der Waals surface area contributed by atoms with Crippen LogP contribution in [0.2, 0.25) is 0 Å². The number of nitrogens with zero attached hydrogens (tertiary/aromatic N) is 7. The summed E-state index contributed by atoms with van der Waals surface area (Å²) in [5, 5.41) is 2.99. The Hall–Kier alpha value is -3.36. The number of hydrogen-bond donors (Lipinski definition) is 1. The van der Waals surface area contributed by atoms with Gasteiger partial charge in [-0.1, -0.05) is 6.92 Å². The number of aromatic nitrogens is 6. The summed E-state index contributed by atoms with van der Waals surface area (Å²) < 4.78 is 1.78. The van der Waals surface area contributed by atoms with Crippen molar-refractivity contribution in [1.82, 2.24) is 29.5 Å². The number of carbonyl (C=O) groups is 1. The Bertz CT molecular complexity index is 1020. The highest BCUT2D eigenvalue weighted by Gasteiger charge is 2.50. The molecule has 9 heteroatoms. The molecule has 0 bridgehead atoms. The molecule has 136 valence electrons. The number of imidazole rings is 1. The van der Waals surface area contributed by atoms with Crippen molar-refractivity contribution in [3.05, 3.63) is 37.2 Å². The molecule has 0 spiro atoms. The van der Waals surface area contributed by atoms with Gasteiger partial charge in [0, 0.05) is 31.3 Å². The molecule has 5 heterocycles. The minimum absolute atomic E-state index is 0.0363. The molecule has 0 saturated carbocycles. The summed E-state index contributed by atoms with van der Waals surface area (Å²) in [5.41, 5.74) is 0.776. The van der Waals surface area contributed by atoms with Crippen LogP contribution in [-0.4, -0.2) is 47.5 Å². The maximum atomic E-state index is 12.7. The largest absolute Gasteiger partial charge is 0.340 e. The molecule has 2 aliphatic heterocycles. The van der Waals surface area contributed by atoms with Crippen molar-refractivity contribution in [3.63, 3.8) is 0 Å². The predicted molar refractivity (Wildman–Crippen MR) is 98.4 cm³/mol. The molecule has 1 atom stereocenters. The number of nitrogens with one attached hydrogen (secondary N) is 1. The van der Waals surface area contributed by atoms with Crippen LogP contribution >= 0.6 is 0 Å². The van der Waals surface area contributed by atoms with Crippen LogP contribution in [0.15, 0.2) is 37.2 Å². The van der Waals surface area contributed by atoms with Crippen molar-refractivity contribution < 1.29 is 4.79 Å². The van der Waals surface area contributed by atoms with E-state index >= 15 is 0 Å². The Labute approximate surface area is 155 Å². The highest BCUT2D eigenvalue weighted by atomic mass is 16.2. The van der Waals surface area contributed by atoms with E-state index in [0.717, 1.165) is 31.6 Å². The summed E-state index contributed by atoms with van der Waals surface area (Å²) in [5.74, 6) is 1.90. The second-order valence-electron chi connectivity index (χ2n) is 6.71. The average molecular weight is 362 g/mol. The zero-order chi connectivity index (χ0) is 18.4. The van der Waals surface area contributed by atoms with E-state index in [-0.39, 0.29) is 5.91 Å². The molecule has 0 aliphatic carbocycles. The summed E-state index contributed by atoms with van der Waals surface area (Å²) >= 11 is 0. The van der Waals surface area contributed by atoms with Crippen LogP contribution in [0.1, 0.15) is 26.2 Å². The normalized spacial score (nSPS) is 20.9. The van der Waals surface area contributed by atoms with Crippen LogP contribution in [0.3, 0.4) is 0 Å². The summed E-state index contributed by atoms with van der Waals surface area (Å²) in [6.45, 7) is 2.86. The smallest absolute Gasteiger partial charge is 0.250 e. The zero-order valence-corrected chi connectivity index (χ0v) is 14.8. The molecular formula is C18H18N8O. The van der Waals surface area contributed by atoms with Crippen molar-refractivity contribution in [3.8, 4) is 17.5 Å². The van der Waals surface area contributed by atoms with Gasteiger partial charge in [0.05, 0.1) is 12.4 Å². The molecule has 1 N–H and O–H groups in total. The molecule has 27 heavy (non-hydrogen) atoms. The fraction of sp³-hybridized carbons (Fsp3) is 0.333. The third-order valence-corrected chi connectivity index (χ3v) is 5.40. The summed E-state index contributed by atoms with van der Waals surface area (Å²) in [6, 6.07) is 0. The average Bonchev–Trinajstić information content (AvgIpc) is 3.37. The van der Waals surface area contributed by atoms with E-state index < -0.39 is 5.54 Å². The second-order valence-corrected chi connectivity index (χ2v) is 6.71. The third-order valence-electron chi connectivity index (χ3n) is 5.40. The van der Waals surface area contributed by atoms with Gasteiger partial charge in [-0.3, -0.25) is 14.3 Å². The van der Waals surface area contributed by atoms with Gasteiger partial charge in [-0.15, -0.1) is 0 Å². The van der Waals surface area contributed by atoms with Crippen LogP contribution in [0.25, 0.3) is 17.5 Å². The van der Waals surface area contributed by atoms with Gasteiger partial charge >= 0.3 is 0 Å². The molecule has 1 amide bonds. The first-order chi connectivity index (χ1) is 13.2. The Morgan fingerprint density at radius 1 is 1.19 bits per heavy atom. The monoisotopic (exact) mass is 362 g/mol. The number of fused-ring (bicyclic) bond motifs is 3. The molecule has 3 aromatic rings. The summed E-state index contributed by atoms with van der Waals surface area (Å²) in [7, 11) is 0. The lowest BCUT2D eigenvalue weighted by atomic mass is 9.90.